The number of rotatable bonds is 7. The van der Waals surface area contributed by atoms with Crippen LogP contribution in [0.2, 0.25) is 0 Å². The number of halogens is 1. The van der Waals surface area contributed by atoms with Gasteiger partial charge in [0.05, 0.1) is 19.3 Å². The summed E-state index contributed by atoms with van der Waals surface area (Å²) in [6.45, 7) is 4.12. The molecule has 1 saturated heterocycles. The van der Waals surface area contributed by atoms with Crippen LogP contribution in [-0.4, -0.2) is 64.2 Å². The standard InChI is InChI=1S/C23H31ClO6/c1-3-14-11-18(24)15(9-13-5-7-16(8-6-13)29-4-2)10-17(14)23-22(28)21(27)20(26)19(12-25)30-23/h5-8,11,17,19-23,25-28H,3-4,9-10,12H2,1-2H3. The molecule has 0 radical (unpaired) electrons. The second kappa shape index (κ2) is 10.3. The van der Waals surface area contributed by atoms with E-state index in [1.165, 1.54) is 0 Å². The van der Waals surface area contributed by atoms with Crippen LogP contribution in [0.4, 0.5) is 0 Å². The lowest BCUT2D eigenvalue weighted by Gasteiger charge is -2.44. The third-order valence-electron chi connectivity index (χ3n) is 5.98. The summed E-state index contributed by atoms with van der Waals surface area (Å²) in [6, 6.07) is 7.87. The van der Waals surface area contributed by atoms with Gasteiger partial charge in [-0.2, -0.15) is 0 Å². The second-order valence-corrected chi connectivity index (χ2v) is 8.29. The van der Waals surface area contributed by atoms with Crippen molar-refractivity contribution in [2.75, 3.05) is 13.2 Å². The predicted molar refractivity (Wildman–Crippen MR) is 114 cm³/mol. The Hall–Kier alpha value is -1.41. The van der Waals surface area contributed by atoms with Gasteiger partial charge < -0.3 is 29.9 Å². The normalized spacial score (nSPS) is 32.2. The number of aliphatic hydroxyl groups excluding tert-OH is 4. The highest BCUT2D eigenvalue weighted by Gasteiger charge is 2.47. The van der Waals surface area contributed by atoms with Crippen molar-refractivity contribution in [3.63, 3.8) is 0 Å². The Morgan fingerprint density at radius 2 is 1.77 bits per heavy atom. The lowest BCUT2D eigenvalue weighted by molar-refractivity contribution is -0.238. The molecule has 6 nitrogen and oxygen atoms in total. The molecule has 4 N–H and O–H groups in total. The van der Waals surface area contributed by atoms with Crippen LogP contribution in [0, 0.1) is 5.92 Å². The smallest absolute Gasteiger partial charge is 0.119 e. The summed E-state index contributed by atoms with van der Waals surface area (Å²) in [5, 5.41) is 41.1. The highest BCUT2D eigenvalue weighted by molar-refractivity contribution is 6.31. The van der Waals surface area contributed by atoms with E-state index in [4.69, 9.17) is 21.1 Å². The Morgan fingerprint density at radius 3 is 2.37 bits per heavy atom. The number of hydrogen-bond acceptors (Lipinski definition) is 6. The minimum Gasteiger partial charge on any atom is -0.494 e. The van der Waals surface area contributed by atoms with Gasteiger partial charge in [0.25, 0.3) is 0 Å². The van der Waals surface area contributed by atoms with E-state index in [-0.39, 0.29) is 5.92 Å². The quantitative estimate of drug-likeness (QED) is 0.521. The number of allylic oxidation sites excluding steroid dienone is 3. The number of ether oxygens (including phenoxy) is 2. The van der Waals surface area contributed by atoms with Gasteiger partial charge in [-0.15, -0.1) is 0 Å². The highest BCUT2D eigenvalue weighted by Crippen LogP contribution is 2.40. The molecule has 1 aliphatic heterocycles. The van der Waals surface area contributed by atoms with Crippen LogP contribution >= 0.6 is 11.6 Å². The fourth-order valence-corrected chi connectivity index (χ4v) is 4.58. The predicted octanol–water partition coefficient (Wildman–Crippen LogP) is 2.32. The molecule has 6 atom stereocenters. The maximum absolute atomic E-state index is 10.6. The zero-order valence-corrected chi connectivity index (χ0v) is 18.1. The fourth-order valence-electron chi connectivity index (χ4n) is 4.29. The van der Waals surface area contributed by atoms with Crippen LogP contribution in [0.15, 0.2) is 46.5 Å². The summed E-state index contributed by atoms with van der Waals surface area (Å²) >= 11 is 6.58. The van der Waals surface area contributed by atoms with Crippen molar-refractivity contribution in [1.29, 1.82) is 0 Å². The molecule has 1 heterocycles. The molecule has 0 saturated carbocycles. The van der Waals surface area contributed by atoms with E-state index in [0.29, 0.717) is 30.9 Å². The van der Waals surface area contributed by atoms with Crippen molar-refractivity contribution in [3.8, 4) is 5.75 Å². The van der Waals surface area contributed by atoms with E-state index in [1.54, 1.807) is 0 Å². The van der Waals surface area contributed by atoms with Crippen molar-refractivity contribution < 1.29 is 29.9 Å². The molecule has 166 valence electrons. The SMILES string of the molecule is CCOc1ccc(CC2=C(Cl)C=C(CC)C(C3OC(CO)C(O)C(O)C3O)C2)cc1. The molecule has 0 amide bonds. The van der Waals surface area contributed by atoms with Gasteiger partial charge in [0, 0.05) is 11.0 Å². The topological polar surface area (TPSA) is 99.4 Å². The summed E-state index contributed by atoms with van der Waals surface area (Å²) in [6.07, 6.45) is -1.81. The van der Waals surface area contributed by atoms with Gasteiger partial charge in [-0.05, 0) is 55.5 Å². The monoisotopic (exact) mass is 438 g/mol. The molecule has 0 bridgehead atoms. The van der Waals surface area contributed by atoms with E-state index in [9.17, 15) is 20.4 Å². The van der Waals surface area contributed by atoms with Crippen LogP contribution in [-0.2, 0) is 11.2 Å². The number of aliphatic hydroxyl groups is 4. The van der Waals surface area contributed by atoms with Crippen molar-refractivity contribution in [2.45, 2.75) is 63.6 Å². The van der Waals surface area contributed by atoms with Crippen LogP contribution in [0.25, 0.3) is 0 Å². The third kappa shape index (κ3) is 4.90. The van der Waals surface area contributed by atoms with Gasteiger partial charge >= 0.3 is 0 Å². The molecule has 0 aromatic heterocycles. The third-order valence-corrected chi connectivity index (χ3v) is 6.35. The van der Waals surface area contributed by atoms with Crippen molar-refractivity contribution in [2.24, 2.45) is 5.92 Å². The first kappa shape index (κ1) is 23.3. The fraction of sp³-hybridized carbons (Fsp3) is 0.565. The maximum Gasteiger partial charge on any atom is 0.119 e. The van der Waals surface area contributed by atoms with Gasteiger partial charge in [0.1, 0.15) is 30.2 Å². The molecule has 7 heteroatoms. The van der Waals surface area contributed by atoms with E-state index < -0.39 is 37.1 Å². The minimum absolute atomic E-state index is 0.207. The summed E-state index contributed by atoms with van der Waals surface area (Å²) in [5.74, 6) is 0.610. The maximum atomic E-state index is 10.6. The van der Waals surface area contributed by atoms with Gasteiger partial charge in [-0.25, -0.2) is 0 Å². The van der Waals surface area contributed by atoms with Crippen LogP contribution in [0.3, 0.4) is 0 Å². The number of hydrogen-bond donors (Lipinski definition) is 4. The van der Waals surface area contributed by atoms with E-state index in [2.05, 4.69) is 0 Å². The van der Waals surface area contributed by atoms with Gasteiger partial charge in [-0.3, -0.25) is 0 Å². The molecular formula is C23H31ClO6. The first-order valence-corrected chi connectivity index (χ1v) is 10.9. The number of benzene rings is 1. The molecule has 0 spiro atoms. The van der Waals surface area contributed by atoms with E-state index in [1.807, 2.05) is 44.2 Å². The summed E-state index contributed by atoms with van der Waals surface area (Å²) in [7, 11) is 0. The first-order valence-electron chi connectivity index (χ1n) is 10.5. The zero-order chi connectivity index (χ0) is 21.8. The van der Waals surface area contributed by atoms with Crippen molar-refractivity contribution in [1.82, 2.24) is 0 Å². The Morgan fingerprint density at radius 1 is 1.07 bits per heavy atom. The Kier molecular flexibility index (Phi) is 7.96. The average molecular weight is 439 g/mol. The molecule has 3 rings (SSSR count). The van der Waals surface area contributed by atoms with Crippen molar-refractivity contribution >= 4 is 11.6 Å². The molecular weight excluding hydrogens is 408 g/mol. The lowest BCUT2D eigenvalue weighted by atomic mass is 9.76. The van der Waals surface area contributed by atoms with E-state index in [0.717, 1.165) is 22.5 Å². The van der Waals surface area contributed by atoms with Crippen LogP contribution in [0.1, 0.15) is 32.3 Å². The molecule has 1 aromatic carbocycles. The zero-order valence-electron chi connectivity index (χ0n) is 17.4. The van der Waals surface area contributed by atoms with Gasteiger partial charge in [-0.1, -0.05) is 36.2 Å². The largest absolute Gasteiger partial charge is 0.494 e. The molecule has 1 fully saturated rings. The highest BCUT2D eigenvalue weighted by atomic mass is 35.5. The van der Waals surface area contributed by atoms with Crippen LogP contribution in [0.5, 0.6) is 5.75 Å². The minimum atomic E-state index is -1.38. The lowest BCUT2D eigenvalue weighted by Crippen LogP contribution is -2.60. The molecule has 30 heavy (non-hydrogen) atoms. The summed E-state index contributed by atoms with van der Waals surface area (Å²) in [4.78, 5) is 0. The van der Waals surface area contributed by atoms with Gasteiger partial charge in [0.15, 0.2) is 0 Å². The van der Waals surface area contributed by atoms with Gasteiger partial charge in [0.2, 0.25) is 0 Å². The Balaban J connectivity index is 1.81. The van der Waals surface area contributed by atoms with E-state index >= 15 is 0 Å². The summed E-state index contributed by atoms with van der Waals surface area (Å²) in [5.41, 5.74) is 3.12. The molecule has 1 aliphatic carbocycles. The molecule has 2 aliphatic rings. The summed E-state index contributed by atoms with van der Waals surface area (Å²) < 4.78 is 11.3. The van der Waals surface area contributed by atoms with Crippen LogP contribution < -0.4 is 4.74 Å². The van der Waals surface area contributed by atoms with Crippen molar-refractivity contribution in [3.05, 3.63) is 52.1 Å². The molecule has 6 unspecified atom stereocenters. The molecule has 1 aromatic rings. The Bertz CT molecular complexity index is 772. The first-order chi connectivity index (χ1) is 14.4. The average Bonchev–Trinajstić information content (AvgIpc) is 2.75. The second-order valence-electron chi connectivity index (χ2n) is 7.88. The Labute approximate surface area is 182 Å².